The first-order chi connectivity index (χ1) is 13.7. The second kappa shape index (κ2) is 21.7. The number of ether oxygens (including phenoxy) is 2. The summed E-state index contributed by atoms with van der Waals surface area (Å²) in [7, 11) is -4.29. The van der Waals surface area contributed by atoms with Gasteiger partial charge in [-0.3, -0.25) is 4.55 Å². The van der Waals surface area contributed by atoms with Gasteiger partial charge in [0.15, 0.2) is 0 Å². The Balaban J connectivity index is -0.00000123. The van der Waals surface area contributed by atoms with E-state index in [1.807, 2.05) is 0 Å². The first-order valence-corrected chi connectivity index (χ1v) is 27.1. The van der Waals surface area contributed by atoms with Crippen LogP contribution in [0, 0.1) is 6.92 Å². The summed E-state index contributed by atoms with van der Waals surface area (Å²) in [5, 5.41) is 9.86. The van der Waals surface area contributed by atoms with Crippen LogP contribution >= 0.6 is 17.9 Å². The molecule has 1 heterocycles. The molecule has 0 aliphatic heterocycles. The van der Waals surface area contributed by atoms with E-state index in [4.69, 9.17) is 9.29 Å². The minimum atomic E-state index is -4.29. The standard InChI is InChI=1S/C15H15NO8S.BrH.HI.2K.2Na.2H/c1-9-7-12(17)11(14(18)23-5-6-25(20,21)22)8-10(9)15(19)24-13-3-2-4-16-13;;;;;;;;/h2-4,7-8,16-17H,5-6H2,1H3,(H,20,21,22);2*1H;;;;;;/q;;;2*+1;;;;/p-2. The molecule has 0 radical (unpaired) electrons. The van der Waals surface area contributed by atoms with E-state index in [0.29, 0.717) is 5.56 Å². The number of halogens is 2. The number of aromatic nitrogens is 1. The fraction of sp³-hybridized carbons (Fsp3) is 0.200. The quantitative estimate of drug-likeness (QED) is 0.175. The van der Waals surface area contributed by atoms with Crippen LogP contribution in [0.15, 0.2) is 30.5 Å². The van der Waals surface area contributed by atoms with E-state index in [2.05, 4.69) is 27.6 Å². The van der Waals surface area contributed by atoms with Gasteiger partial charge in [0, 0.05) is 12.3 Å². The molecule has 2 rings (SSSR count). The Morgan fingerprint density at radius 1 is 1.16 bits per heavy atom. The van der Waals surface area contributed by atoms with E-state index >= 15 is 0 Å². The number of nitrogens with one attached hydrogen (secondary N) is 1. The average molecular weight is 702 g/mol. The molecule has 0 fully saturated rings. The number of phenolic OH excluding ortho intramolecular Hbond substituents is 1. The maximum absolute atomic E-state index is 12.2. The molecule has 1 aromatic carbocycles. The molecule has 16 heteroatoms. The van der Waals surface area contributed by atoms with Crippen molar-refractivity contribution in [2.75, 3.05) is 12.4 Å². The van der Waals surface area contributed by atoms with Crippen LogP contribution in [0.25, 0.3) is 0 Å². The number of hydrogen-bond donors (Lipinski definition) is 3. The van der Waals surface area contributed by atoms with Crippen LogP contribution in [0.1, 0.15) is 26.3 Å². The number of carbonyl (C=O) groups excluding carboxylic acids is 2. The van der Waals surface area contributed by atoms with Gasteiger partial charge in [-0.25, -0.2) is 9.59 Å². The molecule has 31 heavy (non-hydrogen) atoms. The number of rotatable bonds is 6. The monoisotopic (exact) mass is 701 g/mol. The third kappa shape index (κ3) is 16.2. The Kier molecular flexibility index (Phi) is 27.4. The molecule has 1 aromatic heterocycles. The van der Waals surface area contributed by atoms with Crippen molar-refractivity contribution in [2.24, 2.45) is 0 Å². The molecule has 3 N–H and O–H groups in total. The Hall–Kier alpha value is 3.63. The zero-order chi connectivity index (χ0) is 22.6. The number of aryl methyl sites for hydroxylation is 1. The second-order valence-electron chi connectivity index (χ2n) is 5.03. The summed E-state index contributed by atoms with van der Waals surface area (Å²) in [6.45, 7) is 4.06. The summed E-state index contributed by atoms with van der Waals surface area (Å²) in [6, 6.07) is 5.43. The molecule has 0 aliphatic carbocycles. The minimum absolute atomic E-state index is 0. The molecule has 0 saturated carbocycles. The first-order valence-electron chi connectivity index (χ1n) is 7.74. The summed E-state index contributed by atoms with van der Waals surface area (Å²) in [5.41, 5.74) is 0.0528. The van der Waals surface area contributed by atoms with Gasteiger partial charge in [0.1, 0.15) is 23.7 Å². The summed E-state index contributed by atoms with van der Waals surface area (Å²) in [5.74, 6) is -2.82. The van der Waals surface area contributed by atoms with E-state index in [0.717, 1.165) is 94.2 Å². The topological polar surface area (TPSA) is 143 Å². The fourth-order valence-electron chi connectivity index (χ4n) is 1.93. The Labute approximate surface area is 299 Å². The van der Waals surface area contributed by atoms with Gasteiger partial charge in [0.05, 0.1) is 5.56 Å². The van der Waals surface area contributed by atoms with Crippen molar-refractivity contribution in [3.63, 3.8) is 0 Å². The Morgan fingerprint density at radius 2 is 1.74 bits per heavy atom. The average Bonchev–Trinajstić information content (AvgIpc) is 3.16. The van der Waals surface area contributed by atoms with Gasteiger partial charge in [0.25, 0.3) is 10.1 Å². The molecule has 0 saturated heterocycles. The molecule has 0 amide bonds. The summed E-state index contributed by atoms with van der Waals surface area (Å²) < 4.78 is 39.6. The number of esters is 2. The van der Waals surface area contributed by atoms with Crippen LogP contribution in [-0.2, 0) is 14.9 Å². The third-order valence-electron chi connectivity index (χ3n) is 3.13. The maximum atomic E-state index is 12.2. The number of phenols is 1. The normalized spacial score (nSPS) is 9.42. The van der Waals surface area contributed by atoms with Crippen LogP contribution < -0.4 is 4.74 Å². The first kappa shape index (κ1) is 39.2. The van der Waals surface area contributed by atoms with Crippen molar-refractivity contribution < 1.29 is 37.1 Å². The number of aromatic hydroxyl groups is 1. The molecule has 0 unspecified atom stereocenters. The number of hydrogen-bond acceptors (Lipinski definition) is 7. The summed E-state index contributed by atoms with van der Waals surface area (Å²) in [6.07, 6.45) is 1.56. The van der Waals surface area contributed by atoms with Gasteiger partial charge in [-0.1, -0.05) is 0 Å². The van der Waals surface area contributed by atoms with Gasteiger partial charge in [-0.05, 0) is 30.7 Å². The molecule has 9 nitrogen and oxygen atoms in total. The van der Waals surface area contributed by atoms with Crippen molar-refractivity contribution in [3.8, 4) is 11.6 Å². The van der Waals surface area contributed by atoms with E-state index in [1.54, 1.807) is 19.2 Å². The van der Waals surface area contributed by atoms with Gasteiger partial charge in [-0.15, -0.1) is 0 Å². The van der Waals surface area contributed by atoms with Crippen molar-refractivity contribution in [1.82, 2.24) is 4.98 Å². The molecular formula is C15H17BrIK2NNa2O8S. The van der Waals surface area contributed by atoms with E-state index < -0.39 is 40.2 Å². The van der Waals surface area contributed by atoms with Crippen LogP contribution in [-0.4, -0.2) is 195 Å². The van der Waals surface area contributed by atoms with E-state index in [9.17, 15) is 23.1 Å². The van der Waals surface area contributed by atoms with Crippen molar-refractivity contribution in [2.45, 2.75) is 6.92 Å². The second-order valence-corrected chi connectivity index (χ2v) is 6.60. The molecule has 154 valence electrons. The predicted molar refractivity (Wildman–Crippen MR) is 134 cm³/mol. The van der Waals surface area contributed by atoms with Gasteiger partial charge in [0.2, 0.25) is 5.88 Å². The van der Waals surface area contributed by atoms with Crippen LogP contribution in [0.2, 0.25) is 0 Å². The van der Waals surface area contributed by atoms with Crippen LogP contribution in [0.4, 0.5) is 0 Å². The third-order valence-corrected chi connectivity index (χ3v) is 3.81. The molecule has 0 aliphatic rings. The number of benzene rings is 1. The van der Waals surface area contributed by atoms with Crippen LogP contribution in [0.5, 0.6) is 11.6 Å². The fourth-order valence-corrected chi connectivity index (χ4v) is 2.22. The Morgan fingerprint density at radius 3 is 2.23 bits per heavy atom. The molecule has 0 spiro atoms. The number of carbonyl (C=O) groups is 2. The van der Waals surface area contributed by atoms with Gasteiger partial charge < -0.3 is 19.6 Å². The van der Waals surface area contributed by atoms with E-state index in [-0.39, 0.29) is 76.1 Å². The number of aromatic amines is 1. The summed E-state index contributed by atoms with van der Waals surface area (Å²) >= 11 is 4.24. The van der Waals surface area contributed by atoms with Crippen molar-refractivity contribution >= 4 is 187 Å². The zero-order valence-corrected chi connectivity index (χ0v) is 26.6. The molecule has 2 aromatic rings. The number of H-pyrrole nitrogens is 1. The van der Waals surface area contributed by atoms with Crippen LogP contribution in [0.3, 0.4) is 0 Å². The van der Waals surface area contributed by atoms with Crippen molar-refractivity contribution in [3.05, 3.63) is 47.2 Å². The van der Waals surface area contributed by atoms with Crippen molar-refractivity contribution in [1.29, 1.82) is 0 Å². The molecular weight excluding hydrogens is 685 g/mol. The Bertz CT molecular complexity index is 920. The zero-order valence-electron chi connectivity index (χ0n) is 15.8. The van der Waals surface area contributed by atoms with E-state index in [1.165, 1.54) is 12.1 Å². The van der Waals surface area contributed by atoms with Gasteiger partial charge >= 0.3 is 177 Å². The predicted octanol–water partition coefficient (Wildman–Crippen LogP) is 0.965. The summed E-state index contributed by atoms with van der Waals surface area (Å²) in [4.78, 5) is 26.8. The molecule has 0 bridgehead atoms. The molecule has 0 atom stereocenters. The SMILES string of the molecule is Cc1cc(O)c(C(=O)OCCS(=O)(=O)O)cc1C(=O)Oc1ccc[nH]1.[K][Br].[K][I].[NaH].[NaH]. The van der Waals surface area contributed by atoms with Gasteiger partial charge in [-0.2, -0.15) is 8.42 Å².